The van der Waals surface area contributed by atoms with Gasteiger partial charge in [-0.25, -0.2) is 0 Å². The van der Waals surface area contributed by atoms with E-state index in [1.807, 2.05) is 0 Å². The van der Waals surface area contributed by atoms with Gasteiger partial charge in [0.1, 0.15) is 0 Å². The summed E-state index contributed by atoms with van der Waals surface area (Å²) in [6.45, 7) is 9.32. The topological polar surface area (TPSA) is 9.23 Å². The van der Waals surface area contributed by atoms with E-state index in [0.29, 0.717) is 6.10 Å². The maximum absolute atomic E-state index is 7.19. The third-order valence-corrected chi connectivity index (χ3v) is 10.8. The van der Waals surface area contributed by atoms with Crippen LogP contribution in [0.2, 0.25) is 5.04 Å². The first-order valence-corrected chi connectivity index (χ1v) is 12.8. The number of rotatable bonds is 9. The lowest BCUT2D eigenvalue weighted by atomic mass is 10.1. The molecule has 2 aromatic rings. The Hall–Kier alpha value is -0.903. The average molecular weight is 434 g/mol. The van der Waals surface area contributed by atoms with E-state index >= 15 is 0 Å². The molecule has 142 valence electrons. The molecule has 0 heterocycles. The molecule has 2 rings (SSSR count). The first-order chi connectivity index (χ1) is 12.5. The van der Waals surface area contributed by atoms with E-state index in [2.05, 4.69) is 104 Å². The first-order valence-electron chi connectivity index (χ1n) is 9.80. The van der Waals surface area contributed by atoms with E-state index in [9.17, 15) is 0 Å². The average Bonchev–Trinajstić information content (AvgIpc) is 2.65. The number of alkyl halides is 1. The van der Waals surface area contributed by atoms with Crippen molar-refractivity contribution in [1.29, 1.82) is 0 Å². The quantitative estimate of drug-likeness (QED) is 0.272. The molecule has 0 aliphatic carbocycles. The fourth-order valence-electron chi connectivity index (χ4n) is 3.75. The molecule has 0 radical (unpaired) electrons. The van der Waals surface area contributed by atoms with Gasteiger partial charge in [0, 0.05) is 11.4 Å². The summed E-state index contributed by atoms with van der Waals surface area (Å²) in [5.41, 5.74) is 0. The third-order valence-electron chi connectivity index (χ3n) is 5.13. The molecule has 0 saturated carbocycles. The van der Waals surface area contributed by atoms with Crippen molar-refractivity contribution in [3.8, 4) is 0 Å². The van der Waals surface area contributed by atoms with Crippen LogP contribution in [0.15, 0.2) is 60.7 Å². The van der Waals surface area contributed by atoms with Crippen molar-refractivity contribution >= 4 is 34.6 Å². The lowest BCUT2D eigenvalue weighted by Gasteiger charge is -2.45. The van der Waals surface area contributed by atoms with E-state index in [-0.39, 0.29) is 5.04 Å². The Balaban J connectivity index is 2.53. The summed E-state index contributed by atoms with van der Waals surface area (Å²) in [6.07, 6.45) is 4.92. The molecule has 0 bridgehead atoms. The second kappa shape index (κ2) is 9.87. The van der Waals surface area contributed by atoms with E-state index in [4.69, 9.17) is 4.43 Å². The Bertz CT molecular complexity index is 597. The SMILES string of the molecule is CCC(CCCCBr)O[Si](c1ccccc1)(c1ccccc1)C(C)(C)C. The summed E-state index contributed by atoms with van der Waals surface area (Å²) in [5.74, 6) is 0. The van der Waals surface area contributed by atoms with Gasteiger partial charge in [0.25, 0.3) is 8.32 Å². The fourth-order valence-corrected chi connectivity index (χ4v) is 8.95. The standard InChI is InChI=1S/C23H33BrOSi/c1-5-20(14-12-13-19-24)25-26(23(2,3)4,21-15-8-6-9-16-21)22-17-10-7-11-18-22/h6-11,15-18,20H,5,12-14,19H2,1-4H3. The van der Waals surface area contributed by atoms with Crippen molar-refractivity contribution in [2.24, 2.45) is 0 Å². The van der Waals surface area contributed by atoms with Crippen LogP contribution < -0.4 is 10.4 Å². The number of hydrogen-bond donors (Lipinski definition) is 0. The number of benzene rings is 2. The van der Waals surface area contributed by atoms with Gasteiger partial charge in [-0.3, -0.25) is 0 Å². The lowest BCUT2D eigenvalue weighted by molar-refractivity contribution is 0.170. The molecule has 0 N–H and O–H groups in total. The van der Waals surface area contributed by atoms with E-state index in [0.717, 1.165) is 18.2 Å². The van der Waals surface area contributed by atoms with Crippen LogP contribution in [0.25, 0.3) is 0 Å². The Labute approximate surface area is 169 Å². The molecule has 1 atom stereocenters. The fraction of sp³-hybridized carbons (Fsp3) is 0.478. The second-order valence-electron chi connectivity index (χ2n) is 8.00. The van der Waals surface area contributed by atoms with Gasteiger partial charge in [0.05, 0.1) is 0 Å². The zero-order valence-electron chi connectivity index (χ0n) is 16.7. The molecule has 2 aromatic carbocycles. The summed E-state index contributed by atoms with van der Waals surface area (Å²) in [7, 11) is -2.41. The summed E-state index contributed by atoms with van der Waals surface area (Å²) < 4.78 is 7.19. The van der Waals surface area contributed by atoms with Crippen LogP contribution in [-0.2, 0) is 4.43 Å². The zero-order valence-corrected chi connectivity index (χ0v) is 19.3. The maximum atomic E-state index is 7.19. The molecule has 0 fully saturated rings. The van der Waals surface area contributed by atoms with E-state index in [1.54, 1.807) is 0 Å². The maximum Gasteiger partial charge on any atom is 0.261 e. The van der Waals surface area contributed by atoms with Crippen LogP contribution in [0.3, 0.4) is 0 Å². The van der Waals surface area contributed by atoms with Crippen LogP contribution in [0.1, 0.15) is 53.4 Å². The third kappa shape index (κ3) is 4.88. The highest BCUT2D eigenvalue weighted by atomic mass is 79.9. The van der Waals surface area contributed by atoms with Gasteiger partial charge in [0.15, 0.2) is 0 Å². The highest BCUT2D eigenvalue weighted by Gasteiger charge is 2.51. The van der Waals surface area contributed by atoms with Gasteiger partial charge in [-0.05, 0) is 34.7 Å². The van der Waals surface area contributed by atoms with Gasteiger partial charge < -0.3 is 4.43 Å². The minimum atomic E-state index is -2.41. The minimum Gasteiger partial charge on any atom is -0.404 e. The van der Waals surface area contributed by atoms with Crippen molar-refractivity contribution in [2.45, 2.75) is 64.5 Å². The predicted molar refractivity (Wildman–Crippen MR) is 120 cm³/mol. The number of halogens is 1. The lowest BCUT2D eigenvalue weighted by Crippen LogP contribution is -2.67. The molecule has 26 heavy (non-hydrogen) atoms. The summed E-state index contributed by atoms with van der Waals surface area (Å²) >= 11 is 3.56. The van der Waals surface area contributed by atoms with Gasteiger partial charge in [-0.2, -0.15) is 0 Å². The molecule has 0 spiro atoms. The van der Waals surface area contributed by atoms with Crippen LogP contribution >= 0.6 is 15.9 Å². The molecule has 1 unspecified atom stereocenters. The van der Waals surface area contributed by atoms with Crippen molar-refractivity contribution in [3.63, 3.8) is 0 Å². The largest absolute Gasteiger partial charge is 0.404 e. The predicted octanol–water partition coefficient (Wildman–Crippen LogP) is 5.91. The highest BCUT2D eigenvalue weighted by Crippen LogP contribution is 2.38. The number of unbranched alkanes of at least 4 members (excludes halogenated alkanes) is 1. The Morgan fingerprint density at radius 2 is 1.38 bits per heavy atom. The second-order valence-corrected chi connectivity index (χ2v) is 13.0. The Kier molecular flexibility index (Phi) is 8.12. The van der Waals surface area contributed by atoms with Crippen LogP contribution in [-0.4, -0.2) is 19.8 Å². The van der Waals surface area contributed by atoms with Gasteiger partial charge >= 0.3 is 0 Å². The van der Waals surface area contributed by atoms with E-state index in [1.165, 1.54) is 23.2 Å². The van der Waals surface area contributed by atoms with Crippen LogP contribution in [0, 0.1) is 0 Å². The summed E-state index contributed by atoms with van der Waals surface area (Å²) in [5, 5.41) is 3.87. The van der Waals surface area contributed by atoms with Crippen molar-refractivity contribution < 1.29 is 4.43 Å². The molecule has 0 saturated heterocycles. The monoisotopic (exact) mass is 432 g/mol. The van der Waals surface area contributed by atoms with Crippen molar-refractivity contribution in [1.82, 2.24) is 0 Å². The van der Waals surface area contributed by atoms with Gasteiger partial charge in [-0.15, -0.1) is 0 Å². The number of hydrogen-bond acceptors (Lipinski definition) is 1. The van der Waals surface area contributed by atoms with Gasteiger partial charge in [-0.1, -0.05) is 111 Å². The molecule has 3 heteroatoms. The molecule has 0 amide bonds. The molecule has 0 aromatic heterocycles. The van der Waals surface area contributed by atoms with E-state index < -0.39 is 8.32 Å². The molecular formula is C23H33BrOSi. The highest BCUT2D eigenvalue weighted by molar-refractivity contribution is 9.09. The molecular weight excluding hydrogens is 400 g/mol. The minimum absolute atomic E-state index is 0.0541. The first kappa shape index (κ1) is 21.4. The molecule has 0 aliphatic heterocycles. The van der Waals surface area contributed by atoms with Crippen molar-refractivity contribution in [3.05, 3.63) is 60.7 Å². The summed E-state index contributed by atoms with van der Waals surface area (Å²) in [4.78, 5) is 0. The van der Waals surface area contributed by atoms with Crippen molar-refractivity contribution in [2.75, 3.05) is 5.33 Å². The summed E-state index contributed by atoms with van der Waals surface area (Å²) in [6, 6.07) is 21.9. The smallest absolute Gasteiger partial charge is 0.261 e. The van der Waals surface area contributed by atoms with Crippen LogP contribution in [0.4, 0.5) is 0 Å². The van der Waals surface area contributed by atoms with Crippen LogP contribution in [0.5, 0.6) is 0 Å². The Morgan fingerprint density at radius 1 is 0.885 bits per heavy atom. The van der Waals surface area contributed by atoms with Gasteiger partial charge in [0.2, 0.25) is 0 Å². The zero-order chi connectivity index (χ0) is 19.0. The molecule has 0 aliphatic rings. The normalized spacial score (nSPS) is 13.6. The molecule has 1 nitrogen and oxygen atoms in total. The Morgan fingerprint density at radius 3 is 1.77 bits per heavy atom.